The normalized spacial score (nSPS) is 12.2. The van der Waals surface area contributed by atoms with Gasteiger partial charge in [0.05, 0.1) is 6.10 Å². The number of para-hydroxylation sites is 1. The highest BCUT2D eigenvalue weighted by Crippen LogP contribution is 2.27. The standard InChI is InChI=1S/C17H19FO2/c1-3-16(19)15-6-4-5-7-17(15)20-11-13-10-14(18)9-8-12(13)2/h4-10,16,19H,3,11H2,1-2H3. The lowest BCUT2D eigenvalue weighted by atomic mass is 10.1. The molecular weight excluding hydrogens is 255 g/mol. The minimum Gasteiger partial charge on any atom is -0.489 e. The third-order valence-corrected chi connectivity index (χ3v) is 3.36. The van der Waals surface area contributed by atoms with Gasteiger partial charge in [-0.3, -0.25) is 0 Å². The van der Waals surface area contributed by atoms with Crippen molar-refractivity contribution >= 4 is 0 Å². The van der Waals surface area contributed by atoms with Crippen LogP contribution in [0.3, 0.4) is 0 Å². The Bertz CT molecular complexity index is 581. The summed E-state index contributed by atoms with van der Waals surface area (Å²) in [6.07, 6.45) is 0.0825. The smallest absolute Gasteiger partial charge is 0.125 e. The first-order chi connectivity index (χ1) is 9.61. The molecule has 0 aromatic heterocycles. The predicted molar refractivity (Wildman–Crippen MR) is 77.2 cm³/mol. The molecular formula is C17H19FO2. The van der Waals surface area contributed by atoms with Crippen LogP contribution in [-0.4, -0.2) is 5.11 Å². The molecule has 2 aromatic carbocycles. The largest absolute Gasteiger partial charge is 0.489 e. The van der Waals surface area contributed by atoms with E-state index in [1.807, 2.05) is 38.1 Å². The Morgan fingerprint density at radius 3 is 2.70 bits per heavy atom. The van der Waals surface area contributed by atoms with Crippen molar-refractivity contribution in [1.29, 1.82) is 0 Å². The topological polar surface area (TPSA) is 29.5 Å². The van der Waals surface area contributed by atoms with Gasteiger partial charge in [-0.1, -0.05) is 31.2 Å². The zero-order chi connectivity index (χ0) is 14.5. The molecule has 0 heterocycles. The maximum atomic E-state index is 13.2. The second-order valence-electron chi connectivity index (χ2n) is 4.82. The van der Waals surface area contributed by atoms with Crippen molar-refractivity contribution in [1.82, 2.24) is 0 Å². The molecule has 0 spiro atoms. The Labute approximate surface area is 118 Å². The second kappa shape index (κ2) is 6.53. The molecule has 106 valence electrons. The highest BCUT2D eigenvalue weighted by molar-refractivity contribution is 5.35. The van der Waals surface area contributed by atoms with Crippen molar-refractivity contribution in [2.75, 3.05) is 0 Å². The van der Waals surface area contributed by atoms with E-state index in [0.717, 1.165) is 16.7 Å². The van der Waals surface area contributed by atoms with E-state index in [0.29, 0.717) is 12.2 Å². The summed E-state index contributed by atoms with van der Waals surface area (Å²) < 4.78 is 19.0. The van der Waals surface area contributed by atoms with Gasteiger partial charge >= 0.3 is 0 Å². The summed E-state index contributed by atoms with van der Waals surface area (Å²) in [5, 5.41) is 9.97. The fourth-order valence-electron chi connectivity index (χ4n) is 2.06. The highest BCUT2D eigenvalue weighted by atomic mass is 19.1. The maximum absolute atomic E-state index is 13.2. The molecule has 0 amide bonds. The minimum atomic E-state index is -0.542. The number of ether oxygens (including phenoxy) is 1. The van der Waals surface area contributed by atoms with Crippen LogP contribution in [0.4, 0.5) is 4.39 Å². The van der Waals surface area contributed by atoms with Crippen LogP contribution < -0.4 is 4.74 Å². The predicted octanol–water partition coefficient (Wildman–Crippen LogP) is 4.16. The number of hydrogen-bond acceptors (Lipinski definition) is 2. The Morgan fingerprint density at radius 1 is 1.20 bits per heavy atom. The van der Waals surface area contributed by atoms with Crippen molar-refractivity contribution in [3.8, 4) is 5.75 Å². The highest BCUT2D eigenvalue weighted by Gasteiger charge is 2.11. The second-order valence-corrected chi connectivity index (χ2v) is 4.82. The zero-order valence-corrected chi connectivity index (χ0v) is 11.8. The molecule has 0 fully saturated rings. The molecule has 0 saturated carbocycles. The lowest BCUT2D eigenvalue weighted by Gasteiger charge is -2.15. The molecule has 0 aliphatic heterocycles. The van der Waals surface area contributed by atoms with Crippen molar-refractivity contribution in [2.45, 2.75) is 33.0 Å². The average molecular weight is 274 g/mol. The molecule has 0 bridgehead atoms. The molecule has 2 nitrogen and oxygen atoms in total. The first-order valence-corrected chi connectivity index (χ1v) is 6.76. The Morgan fingerprint density at radius 2 is 1.95 bits per heavy atom. The molecule has 0 aliphatic carbocycles. The molecule has 1 unspecified atom stereocenters. The molecule has 1 N–H and O–H groups in total. The van der Waals surface area contributed by atoms with Gasteiger partial charge in [-0.15, -0.1) is 0 Å². The van der Waals surface area contributed by atoms with Gasteiger partial charge in [0.2, 0.25) is 0 Å². The van der Waals surface area contributed by atoms with E-state index in [9.17, 15) is 9.50 Å². The summed E-state index contributed by atoms with van der Waals surface area (Å²) in [5.41, 5.74) is 2.56. The van der Waals surface area contributed by atoms with Crippen LogP contribution in [0.2, 0.25) is 0 Å². The number of hydrogen-bond donors (Lipinski definition) is 1. The van der Waals surface area contributed by atoms with Crippen LogP contribution >= 0.6 is 0 Å². The first-order valence-electron chi connectivity index (χ1n) is 6.76. The quantitative estimate of drug-likeness (QED) is 0.887. The van der Waals surface area contributed by atoms with Gasteiger partial charge in [0.25, 0.3) is 0 Å². The van der Waals surface area contributed by atoms with E-state index in [1.165, 1.54) is 12.1 Å². The SMILES string of the molecule is CCC(O)c1ccccc1OCc1cc(F)ccc1C. The lowest BCUT2D eigenvalue weighted by Crippen LogP contribution is -2.03. The van der Waals surface area contributed by atoms with Crippen molar-refractivity contribution < 1.29 is 14.2 Å². The third-order valence-electron chi connectivity index (χ3n) is 3.36. The van der Waals surface area contributed by atoms with E-state index < -0.39 is 6.10 Å². The molecule has 2 aromatic rings. The third kappa shape index (κ3) is 3.36. The van der Waals surface area contributed by atoms with Crippen molar-refractivity contribution in [2.24, 2.45) is 0 Å². The van der Waals surface area contributed by atoms with E-state index >= 15 is 0 Å². The molecule has 3 heteroatoms. The minimum absolute atomic E-state index is 0.268. The number of halogens is 1. The van der Waals surface area contributed by atoms with Gasteiger partial charge in [0, 0.05) is 5.56 Å². The maximum Gasteiger partial charge on any atom is 0.125 e. The van der Waals surface area contributed by atoms with E-state index in [4.69, 9.17) is 4.74 Å². The Balaban J connectivity index is 2.17. The fourth-order valence-corrected chi connectivity index (χ4v) is 2.06. The summed E-state index contributed by atoms with van der Waals surface area (Å²) >= 11 is 0. The summed E-state index contributed by atoms with van der Waals surface area (Å²) in [6, 6.07) is 12.1. The van der Waals surface area contributed by atoms with Gasteiger partial charge in [0.1, 0.15) is 18.2 Å². The summed E-state index contributed by atoms with van der Waals surface area (Å²) in [7, 11) is 0. The van der Waals surface area contributed by atoms with Gasteiger partial charge < -0.3 is 9.84 Å². The lowest BCUT2D eigenvalue weighted by molar-refractivity contribution is 0.166. The van der Waals surface area contributed by atoms with E-state index in [-0.39, 0.29) is 12.4 Å². The van der Waals surface area contributed by atoms with Crippen LogP contribution in [0.15, 0.2) is 42.5 Å². The molecule has 0 saturated heterocycles. The first kappa shape index (κ1) is 14.5. The molecule has 1 atom stereocenters. The molecule has 2 rings (SSSR count). The van der Waals surface area contributed by atoms with Gasteiger partial charge in [-0.25, -0.2) is 4.39 Å². The van der Waals surface area contributed by atoms with E-state index in [2.05, 4.69) is 0 Å². The fraction of sp³-hybridized carbons (Fsp3) is 0.294. The molecule has 20 heavy (non-hydrogen) atoms. The summed E-state index contributed by atoms with van der Waals surface area (Å²) in [5.74, 6) is 0.376. The Hall–Kier alpha value is -1.87. The average Bonchev–Trinajstić information content (AvgIpc) is 2.47. The monoisotopic (exact) mass is 274 g/mol. The van der Waals surface area contributed by atoms with Crippen LogP contribution in [-0.2, 0) is 6.61 Å². The number of aliphatic hydroxyl groups excluding tert-OH is 1. The zero-order valence-electron chi connectivity index (χ0n) is 11.8. The van der Waals surface area contributed by atoms with Crippen LogP contribution in [0.1, 0.15) is 36.1 Å². The van der Waals surface area contributed by atoms with Crippen LogP contribution in [0.25, 0.3) is 0 Å². The molecule has 0 radical (unpaired) electrons. The van der Waals surface area contributed by atoms with Gasteiger partial charge in [-0.2, -0.15) is 0 Å². The van der Waals surface area contributed by atoms with Crippen molar-refractivity contribution in [3.63, 3.8) is 0 Å². The summed E-state index contributed by atoms with van der Waals surface area (Å²) in [6.45, 7) is 4.13. The molecule has 0 aliphatic rings. The number of benzene rings is 2. The number of rotatable bonds is 5. The summed E-state index contributed by atoms with van der Waals surface area (Å²) in [4.78, 5) is 0. The van der Waals surface area contributed by atoms with Gasteiger partial charge in [-0.05, 0) is 42.7 Å². The van der Waals surface area contributed by atoms with Crippen LogP contribution in [0, 0.1) is 12.7 Å². The van der Waals surface area contributed by atoms with Crippen LogP contribution in [0.5, 0.6) is 5.75 Å². The van der Waals surface area contributed by atoms with E-state index in [1.54, 1.807) is 6.07 Å². The number of aryl methyl sites for hydroxylation is 1. The van der Waals surface area contributed by atoms with Gasteiger partial charge in [0.15, 0.2) is 0 Å². The Kier molecular flexibility index (Phi) is 4.74. The number of aliphatic hydroxyl groups is 1. The van der Waals surface area contributed by atoms with Crippen molar-refractivity contribution in [3.05, 3.63) is 65.0 Å².